The summed E-state index contributed by atoms with van der Waals surface area (Å²) < 4.78 is 6.13. The van der Waals surface area contributed by atoms with E-state index < -0.39 is 23.6 Å². The van der Waals surface area contributed by atoms with Crippen LogP contribution in [0.25, 0.3) is 16.8 Å². The third-order valence-corrected chi connectivity index (χ3v) is 7.03. The molecule has 8 heteroatoms. The fraction of sp³-hybridized carbons (Fsp3) is 0.0690. The molecule has 184 valence electrons. The molecule has 37 heavy (non-hydrogen) atoms. The highest BCUT2D eigenvalue weighted by molar-refractivity contribution is 8.18. The first kappa shape index (κ1) is 24.6. The van der Waals surface area contributed by atoms with E-state index in [-0.39, 0.29) is 4.91 Å². The van der Waals surface area contributed by atoms with Crippen LogP contribution in [0.4, 0.5) is 10.5 Å². The Labute approximate surface area is 222 Å². The van der Waals surface area contributed by atoms with Gasteiger partial charge in [0.15, 0.2) is 0 Å². The molecule has 0 radical (unpaired) electrons. The number of fused-ring (bicyclic) bond motifs is 1. The number of nitrogens with one attached hydrogen (secondary N) is 1. The van der Waals surface area contributed by atoms with Crippen LogP contribution in [0.2, 0.25) is 5.02 Å². The van der Waals surface area contributed by atoms with Crippen LogP contribution >= 0.6 is 23.4 Å². The quantitative estimate of drug-likeness (QED) is 0.269. The van der Waals surface area contributed by atoms with Gasteiger partial charge in [-0.3, -0.25) is 19.3 Å². The Hall–Kier alpha value is -4.07. The number of para-hydroxylation sites is 2. The minimum Gasteiger partial charge on any atom is -0.488 e. The SMILES string of the molecule is O=C(CN1C(=O)S/C(=C/c2ccccc2OCc2cccc3ccccc23)C1=O)Nc1ccccc1Cl. The minimum atomic E-state index is -0.534. The monoisotopic (exact) mass is 528 g/mol. The maximum atomic E-state index is 13.0. The zero-order valence-corrected chi connectivity index (χ0v) is 21.1. The van der Waals surface area contributed by atoms with Gasteiger partial charge >= 0.3 is 0 Å². The number of ether oxygens (including phenoxy) is 1. The van der Waals surface area contributed by atoms with E-state index in [9.17, 15) is 14.4 Å². The van der Waals surface area contributed by atoms with Crippen molar-refractivity contribution in [2.75, 3.05) is 11.9 Å². The lowest BCUT2D eigenvalue weighted by Crippen LogP contribution is -2.36. The van der Waals surface area contributed by atoms with E-state index in [0.29, 0.717) is 28.6 Å². The summed E-state index contributed by atoms with van der Waals surface area (Å²) in [6.07, 6.45) is 1.62. The van der Waals surface area contributed by atoms with Crippen molar-refractivity contribution >= 4 is 63.0 Å². The van der Waals surface area contributed by atoms with Crippen molar-refractivity contribution in [1.82, 2.24) is 4.90 Å². The van der Waals surface area contributed by atoms with Gasteiger partial charge < -0.3 is 10.1 Å². The Morgan fingerprint density at radius 3 is 2.51 bits per heavy atom. The lowest BCUT2D eigenvalue weighted by Gasteiger charge is -2.13. The zero-order valence-electron chi connectivity index (χ0n) is 19.5. The van der Waals surface area contributed by atoms with Gasteiger partial charge in [-0.1, -0.05) is 84.4 Å². The standard InChI is InChI=1S/C29H21ClN2O4S/c30-23-13-4-5-14-24(23)31-27(33)17-32-28(34)26(37-29(32)35)16-20-9-2-6-15-25(20)36-18-21-11-7-10-19-8-1-3-12-22(19)21/h1-16H,17-18H2,(H,31,33)/b26-16+. The van der Waals surface area contributed by atoms with Gasteiger partial charge in [0.05, 0.1) is 15.6 Å². The Kier molecular flexibility index (Phi) is 7.25. The fourth-order valence-corrected chi connectivity index (χ4v) is 4.99. The molecule has 4 aromatic rings. The number of carbonyl (C=O) groups excluding carboxylic acids is 3. The average molecular weight is 529 g/mol. The van der Waals surface area contributed by atoms with Crippen molar-refractivity contribution in [3.05, 3.63) is 112 Å². The molecular weight excluding hydrogens is 508 g/mol. The number of anilines is 1. The number of thioether (sulfide) groups is 1. The van der Waals surface area contributed by atoms with Crippen LogP contribution in [0.3, 0.4) is 0 Å². The van der Waals surface area contributed by atoms with E-state index in [2.05, 4.69) is 23.5 Å². The first-order valence-electron chi connectivity index (χ1n) is 11.5. The molecule has 0 aliphatic carbocycles. The van der Waals surface area contributed by atoms with E-state index in [1.807, 2.05) is 48.5 Å². The molecule has 0 bridgehead atoms. The van der Waals surface area contributed by atoms with Gasteiger partial charge in [0, 0.05) is 5.56 Å². The highest BCUT2D eigenvalue weighted by Gasteiger charge is 2.36. The van der Waals surface area contributed by atoms with Crippen LogP contribution in [0.1, 0.15) is 11.1 Å². The van der Waals surface area contributed by atoms with E-state index in [0.717, 1.165) is 33.0 Å². The fourth-order valence-electron chi connectivity index (χ4n) is 3.98. The summed E-state index contributed by atoms with van der Waals surface area (Å²) in [7, 11) is 0. The van der Waals surface area contributed by atoms with Gasteiger partial charge in [-0.15, -0.1) is 0 Å². The van der Waals surface area contributed by atoms with Crippen LogP contribution in [0, 0.1) is 0 Å². The van der Waals surface area contributed by atoms with Gasteiger partial charge in [-0.2, -0.15) is 0 Å². The molecule has 4 aromatic carbocycles. The van der Waals surface area contributed by atoms with E-state index in [1.165, 1.54) is 0 Å². The normalized spacial score (nSPS) is 14.4. The third-order valence-electron chi connectivity index (χ3n) is 5.79. The number of rotatable bonds is 7. The van der Waals surface area contributed by atoms with Crippen LogP contribution in [-0.2, 0) is 16.2 Å². The second-order valence-electron chi connectivity index (χ2n) is 8.26. The van der Waals surface area contributed by atoms with Crippen LogP contribution in [-0.4, -0.2) is 28.5 Å². The summed E-state index contributed by atoms with van der Waals surface area (Å²) >= 11 is 6.87. The van der Waals surface area contributed by atoms with Crippen molar-refractivity contribution in [1.29, 1.82) is 0 Å². The van der Waals surface area contributed by atoms with Crippen molar-refractivity contribution in [2.45, 2.75) is 6.61 Å². The van der Waals surface area contributed by atoms with Gasteiger partial charge in [0.2, 0.25) is 5.91 Å². The number of amides is 3. The lowest BCUT2D eigenvalue weighted by molar-refractivity contribution is -0.127. The van der Waals surface area contributed by atoms with Gasteiger partial charge in [0.25, 0.3) is 11.1 Å². The number of imide groups is 1. The summed E-state index contributed by atoms with van der Waals surface area (Å²) in [5.41, 5.74) is 2.11. The van der Waals surface area contributed by atoms with E-state index in [1.54, 1.807) is 30.3 Å². The first-order chi connectivity index (χ1) is 18.0. The van der Waals surface area contributed by atoms with Crippen LogP contribution < -0.4 is 10.1 Å². The molecule has 0 saturated carbocycles. The lowest BCUT2D eigenvalue weighted by atomic mass is 10.1. The highest BCUT2D eigenvalue weighted by Crippen LogP contribution is 2.34. The van der Waals surface area contributed by atoms with Crippen LogP contribution in [0.5, 0.6) is 5.75 Å². The molecule has 1 aliphatic rings. The molecule has 1 aliphatic heterocycles. The Bertz CT molecular complexity index is 1550. The maximum Gasteiger partial charge on any atom is 0.294 e. The van der Waals surface area contributed by atoms with E-state index >= 15 is 0 Å². The molecular formula is C29H21ClN2O4S. The third kappa shape index (κ3) is 5.53. The van der Waals surface area contributed by atoms with E-state index in [4.69, 9.17) is 16.3 Å². The van der Waals surface area contributed by atoms with Crippen molar-refractivity contribution < 1.29 is 19.1 Å². The highest BCUT2D eigenvalue weighted by atomic mass is 35.5. The predicted octanol–water partition coefficient (Wildman–Crippen LogP) is 6.75. The number of hydrogen-bond donors (Lipinski definition) is 1. The summed E-state index contributed by atoms with van der Waals surface area (Å²) in [6, 6.07) is 28.2. The maximum absolute atomic E-state index is 13.0. The molecule has 3 amide bonds. The second kappa shape index (κ2) is 10.9. The number of nitrogens with zero attached hydrogens (tertiary/aromatic N) is 1. The molecule has 0 spiro atoms. The van der Waals surface area contributed by atoms with Crippen molar-refractivity contribution in [3.8, 4) is 5.75 Å². The summed E-state index contributed by atoms with van der Waals surface area (Å²) in [6.45, 7) is -0.0671. The molecule has 0 unspecified atom stereocenters. The molecule has 1 N–H and O–H groups in total. The summed E-state index contributed by atoms with van der Waals surface area (Å²) in [5, 5.41) is 4.72. The topological polar surface area (TPSA) is 75.7 Å². The van der Waals surface area contributed by atoms with Crippen LogP contribution in [0.15, 0.2) is 95.9 Å². The smallest absolute Gasteiger partial charge is 0.294 e. The molecule has 0 atom stereocenters. The Morgan fingerprint density at radius 1 is 0.919 bits per heavy atom. The molecule has 1 fully saturated rings. The number of carbonyl (C=O) groups is 3. The first-order valence-corrected chi connectivity index (χ1v) is 12.7. The number of halogens is 1. The summed E-state index contributed by atoms with van der Waals surface area (Å²) in [4.78, 5) is 39.1. The van der Waals surface area contributed by atoms with Gasteiger partial charge in [0.1, 0.15) is 18.9 Å². The Morgan fingerprint density at radius 2 is 1.65 bits per heavy atom. The average Bonchev–Trinajstić information content (AvgIpc) is 3.16. The van der Waals surface area contributed by atoms with Gasteiger partial charge in [-0.05, 0) is 52.4 Å². The molecule has 1 saturated heterocycles. The molecule has 0 aromatic heterocycles. The second-order valence-corrected chi connectivity index (χ2v) is 9.66. The van der Waals surface area contributed by atoms with Gasteiger partial charge in [-0.25, -0.2) is 0 Å². The minimum absolute atomic E-state index is 0.219. The Balaban J connectivity index is 1.30. The predicted molar refractivity (Wildman–Crippen MR) is 147 cm³/mol. The number of hydrogen-bond acceptors (Lipinski definition) is 5. The molecule has 6 nitrogen and oxygen atoms in total. The largest absolute Gasteiger partial charge is 0.488 e. The number of benzene rings is 4. The summed E-state index contributed by atoms with van der Waals surface area (Å²) in [5.74, 6) is -0.470. The zero-order chi connectivity index (χ0) is 25.8. The van der Waals surface area contributed by atoms with Crippen molar-refractivity contribution in [2.24, 2.45) is 0 Å². The molecule has 1 heterocycles. The molecule has 5 rings (SSSR count). The van der Waals surface area contributed by atoms with Crippen molar-refractivity contribution in [3.63, 3.8) is 0 Å².